The van der Waals surface area contributed by atoms with Gasteiger partial charge in [0.15, 0.2) is 0 Å². The molecule has 108 valence electrons. The van der Waals surface area contributed by atoms with E-state index in [4.69, 9.17) is 9.84 Å². The third-order valence-corrected chi connectivity index (χ3v) is 3.73. The normalized spacial score (nSPS) is 11.2. The van der Waals surface area contributed by atoms with E-state index in [-0.39, 0.29) is 6.61 Å². The molecule has 0 spiro atoms. The maximum atomic E-state index is 11.1. The maximum Gasteiger partial charge on any atom is 0.347 e. The van der Waals surface area contributed by atoms with Crippen LogP contribution in [0.2, 0.25) is 0 Å². The molecule has 5 nitrogen and oxygen atoms in total. The van der Waals surface area contributed by atoms with Crippen molar-refractivity contribution in [3.8, 4) is 0 Å². The number of methoxy groups -OCH3 is 1. The number of carboxylic acid groups (broad SMARTS) is 1. The van der Waals surface area contributed by atoms with Crippen molar-refractivity contribution in [1.29, 1.82) is 0 Å². The van der Waals surface area contributed by atoms with E-state index >= 15 is 0 Å². The Labute approximate surface area is 118 Å². The molecule has 0 aliphatic rings. The molecule has 0 saturated carbocycles. The fourth-order valence-electron chi connectivity index (χ4n) is 1.96. The van der Waals surface area contributed by atoms with Crippen LogP contribution < -0.4 is 0 Å². The third kappa shape index (κ3) is 4.89. The van der Waals surface area contributed by atoms with Gasteiger partial charge in [-0.15, -0.1) is 11.3 Å². The Morgan fingerprint density at radius 2 is 2.00 bits per heavy atom. The van der Waals surface area contributed by atoms with Crippen LogP contribution in [0.25, 0.3) is 0 Å². The van der Waals surface area contributed by atoms with Gasteiger partial charge in [-0.2, -0.15) is 0 Å². The van der Waals surface area contributed by atoms with Gasteiger partial charge < -0.3 is 9.84 Å². The molecule has 0 bridgehead atoms. The second kappa shape index (κ2) is 8.24. The molecule has 1 aromatic rings. The van der Waals surface area contributed by atoms with Crippen LogP contribution in [-0.2, 0) is 17.9 Å². The highest BCUT2D eigenvalue weighted by Crippen LogP contribution is 2.21. The number of aromatic carboxylic acids is 1. The van der Waals surface area contributed by atoms with Gasteiger partial charge in [-0.1, -0.05) is 13.8 Å². The molecule has 1 aromatic heterocycles. The first-order valence-electron chi connectivity index (χ1n) is 6.55. The van der Waals surface area contributed by atoms with E-state index in [0.29, 0.717) is 10.6 Å². The van der Waals surface area contributed by atoms with Gasteiger partial charge in [0.1, 0.15) is 9.88 Å². The van der Waals surface area contributed by atoms with Crippen LogP contribution in [0.5, 0.6) is 0 Å². The number of thiazole rings is 1. The van der Waals surface area contributed by atoms with E-state index in [0.717, 1.165) is 37.5 Å². The summed E-state index contributed by atoms with van der Waals surface area (Å²) < 4.78 is 5.00. The Kier molecular flexibility index (Phi) is 6.97. The number of nitrogens with zero attached hydrogens (tertiary/aromatic N) is 2. The van der Waals surface area contributed by atoms with Crippen LogP contribution in [0.1, 0.15) is 47.1 Å². The van der Waals surface area contributed by atoms with Gasteiger partial charge in [0.25, 0.3) is 0 Å². The number of hydrogen-bond donors (Lipinski definition) is 1. The quantitative estimate of drug-likeness (QED) is 0.756. The molecule has 6 heteroatoms. The Morgan fingerprint density at radius 1 is 1.37 bits per heavy atom. The number of rotatable bonds is 9. The first-order chi connectivity index (χ1) is 9.12. The number of carboxylic acids is 1. The average molecular weight is 286 g/mol. The summed E-state index contributed by atoms with van der Waals surface area (Å²) in [5.74, 6) is -0.923. The van der Waals surface area contributed by atoms with Gasteiger partial charge in [-0.05, 0) is 25.9 Å². The molecule has 0 radical (unpaired) electrons. The highest BCUT2D eigenvalue weighted by molar-refractivity contribution is 7.13. The zero-order chi connectivity index (χ0) is 14.3. The van der Waals surface area contributed by atoms with Crippen molar-refractivity contribution < 1.29 is 14.6 Å². The number of ether oxygens (including phenoxy) is 1. The number of aromatic nitrogens is 1. The lowest BCUT2D eigenvalue weighted by Crippen LogP contribution is -2.24. The summed E-state index contributed by atoms with van der Waals surface area (Å²) in [6.07, 6.45) is 2.17. The predicted octanol–water partition coefficient (Wildman–Crippen LogP) is 2.61. The molecule has 1 heterocycles. The summed E-state index contributed by atoms with van der Waals surface area (Å²) in [6, 6.07) is 0. The molecular weight excluding hydrogens is 264 g/mol. The highest BCUT2D eigenvalue weighted by Gasteiger charge is 2.18. The van der Waals surface area contributed by atoms with Crippen molar-refractivity contribution in [1.82, 2.24) is 9.88 Å². The molecule has 1 N–H and O–H groups in total. The van der Waals surface area contributed by atoms with Crippen molar-refractivity contribution in [3.05, 3.63) is 15.6 Å². The summed E-state index contributed by atoms with van der Waals surface area (Å²) in [4.78, 5) is 18.1. The Bertz CT molecular complexity index is 401. The standard InChI is InChI=1S/C13H22N2O3S/c1-4-6-15(7-5-2)8-11-14-10(9-18-3)12(19-11)13(16)17/h4-9H2,1-3H3,(H,16,17). The van der Waals surface area contributed by atoms with Crippen LogP contribution in [0.4, 0.5) is 0 Å². The molecule has 19 heavy (non-hydrogen) atoms. The minimum absolute atomic E-state index is 0.250. The van der Waals surface area contributed by atoms with Gasteiger partial charge >= 0.3 is 5.97 Å². The van der Waals surface area contributed by atoms with E-state index in [1.165, 1.54) is 11.3 Å². The highest BCUT2D eigenvalue weighted by atomic mass is 32.1. The van der Waals surface area contributed by atoms with Crippen LogP contribution >= 0.6 is 11.3 Å². The molecule has 0 fully saturated rings. The van der Waals surface area contributed by atoms with Crippen LogP contribution in [-0.4, -0.2) is 41.2 Å². The lowest BCUT2D eigenvalue weighted by molar-refractivity contribution is 0.0697. The van der Waals surface area contributed by atoms with Gasteiger partial charge in [-0.3, -0.25) is 4.90 Å². The van der Waals surface area contributed by atoms with Gasteiger partial charge in [0, 0.05) is 7.11 Å². The minimum Gasteiger partial charge on any atom is -0.477 e. The molecule has 0 atom stereocenters. The van der Waals surface area contributed by atoms with E-state index in [9.17, 15) is 4.79 Å². The Balaban J connectivity index is 2.82. The van der Waals surface area contributed by atoms with Crippen molar-refractivity contribution in [2.75, 3.05) is 20.2 Å². The van der Waals surface area contributed by atoms with Gasteiger partial charge in [0.05, 0.1) is 18.8 Å². The average Bonchev–Trinajstić information content (AvgIpc) is 2.73. The first-order valence-corrected chi connectivity index (χ1v) is 7.37. The number of carbonyl (C=O) groups is 1. The predicted molar refractivity (Wildman–Crippen MR) is 75.6 cm³/mol. The van der Waals surface area contributed by atoms with Crippen molar-refractivity contribution in [3.63, 3.8) is 0 Å². The van der Waals surface area contributed by atoms with Gasteiger partial charge in [-0.25, -0.2) is 9.78 Å². The molecule has 0 saturated heterocycles. The monoisotopic (exact) mass is 286 g/mol. The second-order valence-electron chi connectivity index (χ2n) is 4.40. The molecule has 0 aliphatic heterocycles. The first kappa shape index (κ1) is 16.1. The van der Waals surface area contributed by atoms with E-state index < -0.39 is 5.97 Å². The number of hydrogen-bond acceptors (Lipinski definition) is 5. The fourth-order valence-corrected chi connectivity index (χ4v) is 2.91. The fraction of sp³-hybridized carbons (Fsp3) is 0.692. The van der Waals surface area contributed by atoms with E-state index in [1.807, 2.05) is 0 Å². The van der Waals surface area contributed by atoms with E-state index in [2.05, 4.69) is 23.7 Å². The maximum absolute atomic E-state index is 11.1. The van der Waals surface area contributed by atoms with E-state index in [1.54, 1.807) is 7.11 Å². The Hall–Kier alpha value is -0.980. The zero-order valence-corrected chi connectivity index (χ0v) is 12.6. The smallest absolute Gasteiger partial charge is 0.347 e. The van der Waals surface area contributed by atoms with Gasteiger partial charge in [0.2, 0.25) is 0 Å². The van der Waals surface area contributed by atoms with Crippen LogP contribution in [0, 0.1) is 0 Å². The third-order valence-electron chi connectivity index (χ3n) is 2.66. The molecule has 0 unspecified atom stereocenters. The van der Waals surface area contributed by atoms with Crippen molar-refractivity contribution in [2.24, 2.45) is 0 Å². The molecule has 0 aromatic carbocycles. The topological polar surface area (TPSA) is 62.7 Å². The minimum atomic E-state index is -0.923. The molecular formula is C13H22N2O3S. The summed E-state index contributed by atoms with van der Waals surface area (Å²) in [7, 11) is 1.55. The molecule has 0 aliphatic carbocycles. The second-order valence-corrected chi connectivity index (χ2v) is 5.48. The SMILES string of the molecule is CCCN(CCC)Cc1nc(COC)c(C(=O)O)s1. The summed E-state index contributed by atoms with van der Waals surface area (Å²) in [5.41, 5.74) is 0.531. The largest absolute Gasteiger partial charge is 0.477 e. The van der Waals surface area contributed by atoms with Crippen molar-refractivity contribution >= 4 is 17.3 Å². The summed E-state index contributed by atoms with van der Waals surface area (Å²) >= 11 is 1.26. The van der Waals surface area contributed by atoms with Crippen molar-refractivity contribution in [2.45, 2.75) is 39.8 Å². The summed E-state index contributed by atoms with van der Waals surface area (Å²) in [5, 5.41) is 10.0. The van der Waals surface area contributed by atoms with Crippen LogP contribution in [0.15, 0.2) is 0 Å². The zero-order valence-electron chi connectivity index (χ0n) is 11.8. The van der Waals surface area contributed by atoms with Crippen LogP contribution in [0.3, 0.4) is 0 Å². The lowest BCUT2D eigenvalue weighted by atomic mass is 10.3. The molecule has 1 rings (SSSR count). The Morgan fingerprint density at radius 3 is 2.47 bits per heavy atom. The molecule has 0 amide bonds. The summed E-state index contributed by atoms with van der Waals surface area (Å²) in [6.45, 7) is 7.27. The lowest BCUT2D eigenvalue weighted by Gasteiger charge is -2.19.